The summed E-state index contributed by atoms with van der Waals surface area (Å²) in [6, 6.07) is -4.73. The van der Waals surface area contributed by atoms with Crippen LogP contribution in [-0.2, 0) is 59.1 Å². The first-order valence-electron chi connectivity index (χ1n) is 25.2. The second-order valence-corrected chi connectivity index (χ2v) is 27.2. The van der Waals surface area contributed by atoms with Gasteiger partial charge in [-0.2, -0.15) is 12.6 Å². The lowest BCUT2D eigenvalue weighted by Gasteiger charge is -2.35. The molecule has 0 aromatic heterocycles. The maximum atomic E-state index is 15.8. The highest BCUT2D eigenvalue weighted by atomic mass is 33.1. The summed E-state index contributed by atoms with van der Waals surface area (Å²) in [7, 11) is 8.51. The van der Waals surface area contributed by atoms with Crippen molar-refractivity contribution in [2.75, 3.05) is 60.5 Å². The van der Waals surface area contributed by atoms with Crippen molar-refractivity contribution >= 4 is 136 Å². The minimum Gasteiger partial charge on any atom is -0.508 e. The van der Waals surface area contributed by atoms with E-state index in [-0.39, 0.29) is 89.8 Å². The number of aliphatic hydroxyl groups excluding tert-OH is 1. The summed E-state index contributed by atoms with van der Waals surface area (Å²) in [6.07, 6.45) is -2.72. The van der Waals surface area contributed by atoms with Crippen molar-refractivity contribution in [2.45, 2.75) is 126 Å². The number of amides is 5. The van der Waals surface area contributed by atoms with E-state index in [2.05, 4.69) is 49.8 Å². The van der Waals surface area contributed by atoms with Crippen LogP contribution in [0.4, 0.5) is 0 Å². The molecule has 13 atom stereocenters. The highest BCUT2D eigenvalue weighted by molar-refractivity contribution is 8.77. The lowest BCUT2D eigenvalue weighted by atomic mass is 9.89. The second-order valence-electron chi connectivity index (χ2n) is 19.2. The molecule has 4 bridgehead atoms. The van der Waals surface area contributed by atoms with Crippen LogP contribution in [0.1, 0.15) is 58.4 Å². The molecule has 5 aliphatic rings. The van der Waals surface area contributed by atoms with Crippen molar-refractivity contribution in [2.24, 2.45) is 17.6 Å². The van der Waals surface area contributed by atoms with Crippen LogP contribution >= 0.6 is 77.4 Å². The molecule has 5 saturated heterocycles. The molecule has 6 rings (SSSR count). The van der Waals surface area contributed by atoms with E-state index in [0.717, 1.165) is 10.8 Å². The molecule has 0 aliphatic carbocycles. The van der Waals surface area contributed by atoms with Crippen LogP contribution in [0.2, 0.25) is 0 Å². The Morgan fingerprint density at radius 2 is 1.47 bits per heavy atom. The van der Waals surface area contributed by atoms with Gasteiger partial charge in [0.15, 0.2) is 23.1 Å². The number of Topliss-reactive ketones (excluding diaryl/α,β-unsaturated/α-hetero) is 4. The third kappa shape index (κ3) is 19.8. The number of benzene rings is 1. The van der Waals surface area contributed by atoms with E-state index in [1.807, 2.05) is 0 Å². The summed E-state index contributed by atoms with van der Waals surface area (Å²) in [5.41, 5.74) is 6.40. The molecule has 5 heterocycles. The molecule has 5 aliphatic heterocycles. The van der Waals surface area contributed by atoms with Gasteiger partial charge in [-0.3, -0.25) is 63.9 Å². The average Bonchev–Trinajstić information content (AvgIpc) is 3.90. The number of methoxy groups -OCH3 is 1. The number of nitrogens with one attached hydrogen (secondary N) is 7. The zero-order valence-corrected chi connectivity index (χ0v) is 49.0. The number of rotatable bonds is 9. The predicted octanol–water partition coefficient (Wildman–Crippen LogP) is -0.220. The number of fused-ring (bicyclic) bond motifs is 14. The van der Waals surface area contributed by atoms with Gasteiger partial charge in [0.05, 0.1) is 74.3 Å². The molecule has 29 heteroatoms. The maximum Gasteiger partial charge on any atom is 0.305 e. The van der Waals surface area contributed by atoms with Crippen LogP contribution in [0.3, 0.4) is 0 Å². The molecule has 11 N–H and O–H groups in total. The summed E-state index contributed by atoms with van der Waals surface area (Å²) in [5.74, 6) is -7.58. The van der Waals surface area contributed by atoms with Gasteiger partial charge in [0.1, 0.15) is 17.8 Å². The molecule has 1 aromatic carbocycles. The number of hydrogen-bond acceptors (Lipinski definition) is 24. The van der Waals surface area contributed by atoms with E-state index in [1.54, 1.807) is 19.1 Å². The topological polar surface area (TPSA) is 334 Å². The fourth-order valence-electron chi connectivity index (χ4n) is 8.93. The van der Waals surface area contributed by atoms with Gasteiger partial charge in [0.2, 0.25) is 29.5 Å². The normalized spacial score (nSPS) is 31.4. The van der Waals surface area contributed by atoms with E-state index < -0.39 is 139 Å². The second kappa shape index (κ2) is 32.3. The molecule has 6 unspecified atom stereocenters. The number of ether oxygens (including phenoxy) is 1. The van der Waals surface area contributed by atoms with E-state index in [1.165, 1.54) is 92.0 Å². The average molecular weight is 1210 g/mol. The number of nitrogens with two attached hydrogens (primary N) is 1. The van der Waals surface area contributed by atoms with Gasteiger partial charge in [-0.15, -0.1) is 0 Å². The highest BCUT2D eigenvalue weighted by Gasteiger charge is 2.43. The molecule has 5 amide bonds. The van der Waals surface area contributed by atoms with Crippen molar-refractivity contribution in [1.82, 2.24) is 42.1 Å². The number of carbonyl (C=O) groups is 10. The minimum absolute atomic E-state index is 0.00139. The van der Waals surface area contributed by atoms with Gasteiger partial charge in [-0.05, 0) is 57.2 Å². The van der Waals surface area contributed by atoms with E-state index in [4.69, 9.17) is 10.5 Å². The van der Waals surface area contributed by atoms with Gasteiger partial charge in [-0.1, -0.05) is 83.8 Å². The number of esters is 1. The number of primary amides is 1. The van der Waals surface area contributed by atoms with Gasteiger partial charge in [0.25, 0.3) is 0 Å². The molecule has 428 valence electrons. The largest absolute Gasteiger partial charge is 0.508 e. The molecular formula is C48H71N9O13S7. The van der Waals surface area contributed by atoms with Gasteiger partial charge in [-0.25, -0.2) is 0 Å². The number of phenols is 1. The Labute approximate surface area is 477 Å². The Balaban J connectivity index is 1.77. The van der Waals surface area contributed by atoms with Crippen LogP contribution in [0, 0.1) is 11.8 Å². The molecule has 22 nitrogen and oxygen atoms in total. The Hall–Kier alpha value is -3.23. The number of hydrogen-bond donors (Lipinski definition) is 11. The van der Waals surface area contributed by atoms with Crippen LogP contribution in [0.5, 0.6) is 5.75 Å². The number of aliphatic hydroxyl groups is 1. The molecule has 1 aromatic rings. The number of thiol groups is 1. The van der Waals surface area contributed by atoms with Crippen molar-refractivity contribution < 1.29 is 62.9 Å². The molecule has 5 fully saturated rings. The number of nitrogens with zero attached hydrogens (tertiary/aromatic N) is 1. The van der Waals surface area contributed by atoms with Crippen molar-refractivity contribution in [1.29, 1.82) is 0 Å². The van der Waals surface area contributed by atoms with Crippen molar-refractivity contribution in [3.63, 3.8) is 0 Å². The number of aromatic hydroxyl groups is 1. The first-order valence-corrected chi connectivity index (χ1v) is 33.3. The van der Waals surface area contributed by atoms with Crippen LogP contribution in [0.25, 0.3) is 0 Å². The quantitative estimate of drug-likeness (QED) is 0.0865. The Kier molecular flexibility index (Phi) is 27.1. The van der Waals surface area contributed by atoms with Gasteiger partial charge in [0, 0.05) is 65.4 Å². The summed E-state index contributed by atoms with van der Waals surface area (Å²) in [5, 5.41) is 42.4. The highest BCUT2D eigenvalue weighted by Crippen LogP contribution is 2.33. The molecule has 0 radical (unpaired) electrons. The lowest BCUT2D eigenvalue weighted by molar-refractivity contribution is -0.142. The fraction of sp³-hybridized carbons (Fsp3) is 0.667. The summed E-state index contributed by atoms with van der Waals surface area (Å²) >= 11 is 4.53. The summed E-state index contributed by atoms with van der Waals surface area (Å²) < 4.78 is 4.95. The minimum atomic E-state index is -1.42. The van der Waals surface area contributed by atoms with Crippen molar-refractivity contribution in [3.05, 3.63) is 29.8 Å². The monoisotopic (exact) mass is 1210 g/mol. The Bertz CT molecular complexity index is 2260. The first kappa shape index (κ1) is 64.6. The maximum absolute atomic E-state index is 15.8. The zero-order chi connectivity index (χ0) is 56.3. The Morgan fingerprint density at radius 3 is 2.16 bits per heavy atom. The van der Waals surface area contributed by atoms with Crippen LogP contribution in [-0.4, -0.2) is 201 Å². The van der Waals surface area contributed by atoms with E-state index in [9.17, 15) is 53.4 Å². The third-order valence-corrected chi connectivity index (χ3v) is 21.1. The van der Waals surface area contributed by atoms with Crippen LogP contribution < -0.4 is 43.0 Å². The standard InChI is InChI=1S/C48H71N9O13S7/c1-24-18-72-73-19-29-34-20-74-76-22-38(61)33(17-71)54-40(53-30(11-12-41(63)70-4)45(66)56-31(44(29)65)14-27-7-9-28(59)10-8-27)23-77-75-21-35(55-42(26(3)58)47(68)50-16-37(24)60)43(64)25(2)51-46(67)36-6-5-13-57(36)48(69)32(52-34)15-39(49)62/h7-10,24-26,29-36,40,42,52-55,58-59,71H,5-6,11-23H2,1-4H3,(H2,49,62)(H,50,68)(H,51,67)(H,56,66)/t24?,25-,26+,29?,30?,31-,32-,33-,34?,35?,36-,40?,42-/m0/s1. The van der Waals surface area contributed by atoms with Crippen LogP contribution in [0.15, 0.2) is 24.3 Å². The van der Waals surface area contributed by atoms with Gasteiger partial charge < -0.3 is 46.9 Å². The smallest absolute Gasteiger partial charge is 0.305 e. The molecular weight excluding hydrogens is 1140 g/mol. The lowest BCUT2D eigenvalue weighted by Crippen LogP contribution is -2.61. The number of carbonyl (C=O) groups excluding carboxylic acids is 10. The van der Waals surface area contributed by atoms with Crippen molar-refractivity contribution in [3.8, 4) is 5.75 Å². The van der Waals surface area contributed by atoms with E-state index in [0.29, 0.717) is 12.0 Å². The molecule has 0 saturated carbocycles. The summed E-state index contributed by atoms with van der Waals surface area (Å²) in [6.45, 7) is 4.16. The fourth-order valence-corrected chi connectivity index (χ4v) is 16.6. The number of phenolic OH excluding ortho intramolecular Hbond substituents is 1. The Morgan fingerprint density at radius 1 is 0.792 bits per heavy atom. The zero-order valence-electron chi connectivity index (χ0n) is 43.2. The van der Waals surface area contributed by atoms with Gasteiger partial charge >= 0.3 is 5.97 Å². The molecule has 77 heavy (non-hydrogen) atoms. The summed E-state index contributed by atoms with van der Waals surface area (Å²) in [4.78, 5) is 143. The first-order chi connectivity index (χ1) is 36.7. The third-order valence-electron chi connectivity index (χ3n) is 13.4. The SMILES string of the molecule is COC(=O)CCC1NC2CSSCC3N[C@@H]([C@@H](C)O)C(=O)NCC(=O)C(C)CSSCC(C(=O)[C@H](Cc4ccc(O)cc4)NC1=O)C(CSSCC(=O)[C@H](CS)N2)N[C@@H](CC(N)=O)C(=O)N1CCC[C@H]1C(=O)N[C@@H](C)C3=O. The molecule has 0 spiro atoms. The van der Waals surface area contributed by atoms with E-state index >= 15 is 4.79 Å². The predicted molar refractivity (Wildman–Crippen MR) is 306 cm³/mol. The number of ketones is 4.